The van der Waals surface area contributed by atoms with Crippen LogP contribution in [0.5, 0.6) is 0 Å². The van der Waals surface area contributed by atoms with Crippen LogP contribution in [0.1, 0.15) is 19.2 Å². The van der Waals surface area contributed by atoms with E-state index in [1.807, 2.05) is 19.1 Å². The number of rotatable bonds is 4. The van der Waals surface area contributed by atoms with Gasteiger partial charge in [0.25, 0.3) is 0 Å². The fourth-order valence-electron chi connectivity index (χ4n) is 1.89. The molecule has 0 saturated heterocycles. The molecule has 0 spiro atoms. The van der Waals surface area contributed by atoms with Crippen LogP contribution in [0.3, 0.4) is 0 Å². The van der Waals surface area contributed by atoms with Crippen LogP contribution in [0.2, 0.25) is 0 Å². The minimum absolute atomic E-state index is 0.0242. The van der Waals surface area contributed by atoms with Crippen molar-refractivity contribution in [2.45, 2.75) is 19.9 Å². The van der Waals surface area contributed by atoms with E-state index in [1.165, 1.54) is 4.57 Å². The third kappa shape index (κ3) is 2.87. The second-order valence-electron chi connectivity index (χ2n) is 4.24. The summed E-state index contributed by atoms with van der Waals surface area (Å²) in [7, 11) is 0. The lowest BCUT2D eigenvalue weighted by Crippen LogP contribution is -2.32. The molecular formula is C13H16N4O3. The van der Waals surface area contributed by atoms with E-state index in [0.29, 0.717) is 23.4 Å². The first-order valence-electron chi connectivity index (χ1n) is 6.35. The van der Waals surface area contributed by atoms with E-state index in [1.54, 1.807) is 12.1 Å². The Hall–Kier alpha value is -2.57. The Morgan fingerprint density at radius 1 is 1.30 bits per heavy atom. The Morgan fingerprint density at radius 3 is 2.75 bits per heavy atom. The number of fused-ring (bicyclic) bond motifs is 1. The topological polar surface area (TPSA) is 96.2 Å². The largest absolute Gasteiger partial charge is 0.465 e. The molecule has 3 N–H and O–H groups in total. The summed E-state index contributed by atoms with van der Waals surface area (Å²) in [6.45, 7) is 2.49. The Bertz CT molecular complexity index is 636. The lowest BCUT2D eigenvalue weighted by molar-refractivity contribution is 0.193. The van der Waals surface area contributed by atoms with Crippen LogP contribution in [0.15, 0.2) is 24.3 Å². The average Bonchev–Trinajstić information content (AvgIpc) is 2.81. The summed E-state index contributed by atoms with van der Waals surface area (Å²) >= 11 is 0. The molecular weight excluding hydrogens is 260 g/mol. The molecule has 0 aliphatic heterocycles. The quantitative estimate of drug-likeness (QED) is 0.793. The van der Waals surface area contributed by atoms with Crippen LogP contribution >= 0.6 is 0 Å². The van der Waals surface area contributed by atoms with Gasteiger partial charge < -0.3 is 15.7 Å². The van der Waals surface area contributed by atoms with Crippen molar-refractivity contribution in [1.29, 1.82) is 0 Å². The minimum Gasteiger partial charge on any atom is -0.465 e. The number of carbonyl (C=O) groups excluding carboxylic acids is 1. The van der Waals surface area contributed by atoms with Crippen LogP contribution in [-0.2, 0) is 6.54 Å². The summed E-state index contributed by atoms with van der Waals surface area (Å²) in [4.78, 5) is 27.1. The molecule has 0 fully saturated rings. The van der Waals surface area contributed by atoms with Gasteiger partial charge in [-0.2, -0.15) is 0 Å². The van der Waals surface area contributed by atoms with Gasteiger partial charge in [-0.15, -0.1) is 0 Å². The van der Waals surface area contributed by atoms with Gasteiger partial charge in [0.05, 0.1) is 17.6 Å². The Labute approximate surface area is 115 Å². The summed E-state index contributed by atoms with van der Waals surface area (Å²) in [5.41, 5.74) is 1.31. The molecule has 0 unspecified atom stereocenters. The minimum atomic E-state index is -1.16. The second kappa shape index (κ2) is 6.05. The normalized spacial score (nSPS) is 10.4. The Morgan fingerprint density at radius 2 is 2.05 bits per heavy atom. The zero-order valence-corrected chi connectivity index (χ0v) is 11.1. The standard InChI is InChI=1S/C13H16N4O3/c1-2-7-14-12(18)17-10-6-4-3-5-9(10)16-11(17)8-15-13(19)20/h3-6,15H,2,7-8H2,1H3,(H,14,18)(H,19,20). The molecule has 0 bridgehead atoms. The molecule has 0 atom stereocenters. The van der Waals surface area contributed by atoms with Crippen LogP contribution in [0.4, 0.5) is 9.59 Å². The molecule has 20 heavy (non-hydrogen) atoms. The van der Waals surface area contributed by atoms with E-state index in [4.69, 9.17) is 5.11 Å². The first-order chi connectivity index (χ1) is 9.63. The lowest BCUT2D eigenvalue weighted by atomic mass is 10.3. The highest BCUT2D eigenvalue weighted by Crippen LogP contribution is 2.15. The van der Waals surface area contributed by atoms with Gasteiger partial charge >= 0.3 is 12.1 Å². The lowest BCUT2D eigenvalue weighted by Gasteiger charge is -2.09. The molecule has 2 aromatic rings. The molecule has 7 heteroatoms. The summed E-state index contributed by atoms with van der Waals surface area (Å²) in [6.07, 6.45) is -0.335. The molecule has 0 saturated carbocycles. The van der Waals surface area contributed by atoms with Gasteiger partial charge in [0.15, 0.2) is 0 Å². The molecule has 0 aliphatic carbocycles. The SMILES string of the molecule is CCCNC(=O)n1c(CNC(=O)O)nc2ccccc21. The fourth-order valence-corrected chi connectivity index (χ4v) is 1.89. The van der Waals surface area contributed by atoms with E-state index < -0.39 is 6.09 Å². The second-order valence-corrected chi connectivity index (χ2v) is 4.24. The number of carbonyl (C=O) groups is 2. The van der Waals surface area contributed by atoms with Crippen molar-refractivity contribution in [3.05, 3.63) is 30.1 Å². The van der Waals surface area contributed by atoms with Crippen LogP contribution in [0.25, 0.3) is 11.0 Å². The molecule has 1 aromatic carbocycles. The number of amides is 2. The molecule has 0 radical (unpaired) electrons. The van der Waals surface area contributed by atoms with Crippen LogP contribution < -0.4 is 10.6 Å². The molecule has 1 aromatic heterocycles. The van der Waals surface area contributed by atoms with E-state index in [9.17, 15) is 9.59 Å². The maximum Gasteiger partial charge on any atom is 0.405 e. The Kier molecular flexibility index (Phi) is 4.19. The summed E-state index contributed by atoms with van der Waals surface area (Å²) < 4.78 is 1.40. The van der Waals surface area contributed by atoms with E-state index in [2.05, 4.69) is 15.6 Å². The number of aromatic nitrogens is 2. The monoisotopic (exact) mass is 276 g/mol. The number of hydrogen-bond acceptors (Lipinski definition) is 3. The van der Waals surface area contributed by atoms with Crippen LogP contribution in [0, 0.1) is 0 Å². The van der Waals surface area contributed by atoms with Crippen molar-refractivity contribution in [1.82, 2.24) is 20.2 Å². The summed E-state index contributed by atoms with van der Waals surface area (Å²) in [5.74, 6) is 0.363. The van der Waals surface area contributed by atoms with Crippen molar-refractivity contribution in [3.63, 3.8) is 0 Å². The van der Waals surface area contributed by atoms with Crippen molar-refractivity contribution in [2.75, 3.05) is 6.54 Å². The molecule has 0 aliphatic rings. The third-order valence-electron chi connectivity index (χ3n) is 2.76. The van der Waals surface area contributed by atoms with Gasteiger partial charge in [0, 0.05) is 6.54 Å². The number of para-hydroxylation sites is 2. The zero-order chi connectivity index (χ0) is 14.5. The number of nitrogens with one attached hydrogen (secondary N) is 2. The molecule has 7 nitrogen and oxygen atoms in total. The maximum atomic E-state index is 12.2. The van der Waals surface area contributed by atoms with Gasteiger partial charge in [-0.3, -0.25) is 0 Å². The van der Waals surface area contributed by atoms with E-state index >= 15 is 0 Å². The Balaban J connectivity index is 2.38. The van der Waals surface area contributed by atoms with Crippen molar-refractivity contribution in [2.24, 2.45) is 0 Å². The van der Waals surface area contributed by atoms with Crippen molar-refractivity contribution >= 4 is 23.2 Å². The van der Waals surface area contributed by atoms with E-state index in [-0.39, 0.29) is 12.6 Å². The highest BCUT2D eigenvalue weighted by Gasteiger charge is 2.16. The third-order valence-corrected chi connectivity index (χ3v) is 2.76. The average molecular weight is 276 g/mol. The number of nitrogens with zero attached hydrogens (tertiary/aromatic N) is 2. The number of carboxylic acid groups (broad SMARTS) is 1. The van der Waals surface area contributed by atoms with Gasteiger partial charge in [-0.1, -0.05) is 19.1 Å². The number of benzene rings is 1. The number of imidazole rings is 1. The zero-order valence-electron chi connectivity index (χ0n) is 11.1. The van der Waals surface area contributed by atoms with Crippen molar-refractivity contribution < 1.29 is 14.7 Å². The predicted octanol–water partition coefficient (Wildman–Crippen LogP) is 1.77. The van der Waals surface area contributed by atoms with E-state index in [0.717, 1.165) is 6.42 Å². The molecule has 2 rings (SSSR count). The first-order valence-corrected chi connectivity index (χ1v) is 6.35. The van der Waals surface area contributed by atoms with Gasteiger partial charge in [-0.25, -0.2) is 19.1 Å². The van der Waals surface area contributed by atoms with Gasteiger partial charge in [-0.05, 0) is 18.6 Å². The fraction of sp³-hybridized carbons (Fsp3) is 0.308. The summed E-state index contributed by atoms with van der Waals surface area (Å²) in [5, 5.41) is 13.7. The summed E-state index contributed by atoms with van der Waals surface area (Å²) in [6, 6.07) is 6.88. The molecule has 106 valence electrons. The van der Waals surface area contributed by atoms with Crippen LogP contribution in [-0.4, -0.2) is 33.3 Å². The first kappa shape index (κ1) is 13.9. The number of hydrogen-bond donors (Lipinski definition) is 3. The van der Waals surface area contributed by atoms with Gasteiger partial charge in [0.2, 0.25) is 0 Å². The highest BCUT2D eigenvalue weighted by molar-refractivity contribution is 5.90. The van der Waals surface area contributed by atoms with Gasteiger partial charge in [0.1, 0.15) is 5.82 Å². The molecule has 2 amide bonds. The maximum absolute atomic E-state index is 12.2. The molecule has 1 heterocycles. The smallest absolute Gasteiger partial charge is 0.405 e. The predicted molar refractivity (Wildman–Crippen MR) is 73.7 cm³/mol. The highest BCUT2D eigenvalue weighted by atomic mass is 16.4. The van der Waals surface area contributed by atoms with Crippen molar-refractivity contribution in [3.8, 4) is 0 Å².